The molecule has 1 N–H and O–H groups in total. The maximum Gasteiger partial charge on any atom is 0.354 e. The number of carbonyl (C=O) groups excluding carboxylic acids is 1. The van der Waals surface area contributed by atoms with Crippen molar-refractivity contribution in [3.63, 3.8) is 0 Å². The first-order chi connectivity index (χ1) is 13.2. The van der Waals surface area contributed by atoms with Crippen LogP contribution in [-0.2, 0) is 11.3 Å². The Hall–Kier alpha value is -3.39. The van der Waals surface area contributed by atoms with Crippen LogP contribution in [0, 0.1) is 0 Å². The van der Waals surface area contributed by atoms with Gasteiger partial charge in [-0.05, 0) is 18.2 Å². The summed E-state index contributed by atoms with van der Waals surface area (Å²) in [6.45, 7) is 0.218. The summed E-state index contributed by atoms with van der Waals surface area (Å²) in [7, 11) is 1.32. The SMILES string of the molecule is COC(=O)c1cc2c(Cl)cc(Oc3ccccc3)cc2n1Cc1nn[nH]n1. The minimum absolute atomic E-state index is 0.218. The molecule has 9 heteroatoms. The Labute approximate surface area is 158 Å². The second-order valence-corrected chi connectivity index (χ2v) is 6.10. The van der Waals surface area contributed by atoms with E-state index in [2.05, 4.69) is 20.6 Å². The third-order valence-corrected chi connectivity index (χ3v) is 4.32. The molecule has 0 spiro atoms. The summed E-state index contributed by atoms with van der Waals surface area (Å²) in [5, 5.41) is 15.0. The normalized spacial score (nSPS) is 10.9. The first-order valence-electron chi connectivity index (χ1n) is 8.02. The molecule has 0 aliphatic carbocycles. The summed E-state index contributed by atoms with van der Waals surface area (Å²) in [6.07, 6.45) is 0. The molecule has 8 nitrogen and oxygen atoms in total. The minimum atomic E-state index is -0.490. The lowest BCUT2D eigenvalue weighted by atomic mass is 10.2. The van der Waals surface area contributed by atoms with Crippen LogP contribution in [0.5, 0.6) is 11.5 Å². The maximum absolute atomic E-state index is 12.2. The van der Waals surface area contributed by atoms with Crippen LogP contribution in [0.1, 0.15) is 16.3 Å². The van der Waals surface area contributed by atoms with Crippen molar-refractivity contribution in [1.82, 2.24) is 25.2 Å². The third-order valence-electron chi connectivity index (χ3n) is 4.01. The molecule has 0 amide bonds. The van der Waals surface area contributed by atoms with Gasteiger partial charge in [-0.2, -0.15) is 5.21 Å². The number of hydrogen-bond acceptors (Lipinski definition) is 6. The van der Waals surface area contributed by atoms with Gasteiger partial charge in [-0.25, -0.2) is 4.79 Å². The molecule has 0 unspecified atom stereocenters. The molecule has 0 saturated heterocycles. The summed E-state index contributed by atoms with van der Waals surface area (Å²) in [6, 6.07) is 14.5. The number of esters is 1. The van der Waals surface area contributed by atoms with Crippen LogP contribution < -0.4 is 4.74 Å². The number of ether oxygens (including phenoxy) is 2. The molecule has 2 aromatic heterocycles. The van der Waals surface area contributed by atoms with Gasteiger partial charge < -0.3 is 14.0 Å². The number of methoxy groups -OCH3 is 1. The van der Waals surface area contributed by atoms with Gasteiger partial charge in [0.25, 0.3) is 0 Å². The van der Waals surface area contributed by atoms with E-state index in [9.17, 15) is 4.79 Å². The number of para-hydroxylation sites is 1. The van der Waals surface area contributed by atoms with E-state index in [4.69, 9.17) is 21.1 Å². The number of fused-ring (bicyclic) bond motifs is 1. The quantitative estimate of drug-likeness (QED) is 0.530. The highest BCUT2D eigenvalue weighted by molar-refractivity contribution is 6.35. The predicted octanol–water partition coefficient (Wildman–Crippen LogP) is 3.44. The number of hydrogen-bond donors (Lipinski definition) is 1. The smallest absolute Gasteiger partial charge is 0.354 e. The van der Waals surface area contributed by atoms with E-state index in [1.54, 1.807) is 22.8 Å². The summed E-state index contributed by atoms with van der Waals surface area (Å²) in [5.41, 5.74) is 1.02. The van der Waals surface area contributed by atoms with E-state index in [1.165, 1.54) is 7.11 Å². The van der Waals surface area contributed by atoms with E-state index in [1.807, 2.05) is 30.3 Å². The monoisotopic (exact) mass is 383 g/mol. The van der Waals surface area contributed by atoms with Crippen molar-refractivity contribution in [3.8, 4) is 11.5 Å². The van der Waals surface area contributed by atoms with Gasteiger partial charge in [-0.15, -0.1) is 10.2 Å². The summed E-state index contributed by atoms with van der Waals surface area (Å²) >= 11 is 6.45. The van der Waals surface area contributed by atoms with Crippen molar-refractivity contribution in [1.29, 1.82) is 0 Å². The van der Waals surface area contributed by atoms with Crippen LogP contribution in [0.4, 0.5) is 0 Å². The van der Waals surface area contributed by atoms with E-state index < -0.39 is 5.97 Å². The molecule has 136 valence electrons. The van der Waals surface area contributed by atoms with Gasteiger partial charge in [0.1, 0.15) is 17.2 Å². The number of benzene rings is 2. The van der Waals surface area contributed by atoms with Crippen LogP contribution in [0.3, 0.4) is 0 Å². The Kier molecular flexibility index (Phi) is 4.47. The van der Waals surface area contributed by atoms with Crippen LogP contribution in [0.25, 0.3) is 10.9 Å². The van der Waals surface area contributed by atoms with Crippen molar-refractivity contribution in [2.45, 2.75) is 6.54 Å². The molecule has 0 fully saturated rings. The van der Waals surface area contributed by atoms with Gasteiger partial charge in [0, 0.05) is 17.5 Å². The van der Waals surface area contributed by atoms with Crippen molar-refractivity contribution in [2.75, 3.05) is 7.11 Å². The van der Waals surface area contributed by atoms with Crippen LogP contribution in [0.2, 0.25) is 5.02 Å². The van der Waals surface area contributed by atoms with Crippen LogP contribution in [-0.4, -0.2) is 38.3 Å². The van der Waals surface area contributed by atoms with Crippen LogP contribution >= 0.6 is 11.6 Å². The number of rotatable bonds is 5. The Morgan fingerprint density at radius 2 is 2.00 bits per heavy atom. The molecule has 27 heavy (non-hydrogen) atoms. The van der Waals surface area contributed by atoms with Gasteiger partial charge in [0.2, 0.25) is 0 Å². The van der Waals surface area contributed by atoms with Crippen molar-refractivity contribution in [2.24, 2.45) is 0 Å². The number of aromatic amines is 1. The highest BCUT2D eigenvalue weighted by atomic mass is 35.5. The van der Waals surface area contributed by atoms with Gasteiger partial charge in [0.05, 0.1) is 24.2 Å². The fraction of sp³-hybridized carbons (Fsp3) is 0.111. The standard InChI is InChI=1S/C18H14ClN5O3/c1-26-18(25)16-9-13-14(19)7-12(27-11-5-3-2-4-6-11)8-15(13)24(16)10-17-20-22-23-21-17/h2-9H,10H2,1H3,(H,20,21,22,23). The highest BCUT2D eigenvalue weighted by Gasteiger charge is 2.20. The van der Waals surface area contributed by atoms with Crippen molar-refractivity contribution < 1.29 is 14.3 Å². The fourth-order valence-corrected chi connectivity index (χ4v) is 3.07. The lowest BCUT2D eigenvalue weighted by Gasteiger charge is -2.10. The van der Waals surface area contributed by atoms with Gasteiger partial charge in [0.15, 0.2) is 5.82 Å². The minimum Gasteiger partial charge on any atom is -0.464 e. The first-order valence-corrected chi connectivity index (χ1v) is 8.40. The van der Waals surface area contributed by atoms with Gasteiger partial charge in [-0.3, -0.25) is 0 Å². The third kappa shape index (κ3) is 3.34. The molecule has 0 radical (unpaired) electrons. The number of aromatic nitrogens is 5. The Morgan fingerprint density at radius 3 is 2.70 bits per heavy atom. The summed E-state index contributed by atoms with van der Waals surface area (Å²) < 4.78 is 12.5. The topological polar surface area (TPSA) is 94.9 Å². The number of halogens is 1. The number of tetrazole rings is 1. The number of nitrogens with zero attached hydrogens (tertiary/aromatic N) is 4. The molecule has 0 aliphatic rings. The van der Waals surface area contributed by atoms with E-state index >= 15 is 0 Å². The van der Waals surface area contributed by atoms with Gasteiger partial charge >= 0.3 is 5.97 Å². The van der Waals surface area contributed by atoms with E-state index in [-0.39, 0.29) is 6.54 Å². The van der Waals surface area contributed by atoms with Gasteiger partial charge in [-0.1, -0.05) is 35.0 Å². The number of H-pyrrole nitrogens is 1. The molecule has 0 atom stereocenters. The Balaban J connectivity index is 1.84. The zero-order valence-corrected chi connectivity index (χ0v) is 15.0. The van der Waals surface area contributed by atoms with E-state index in [0.29, 0.717) is 38.9 Å². The van der Waals surface area contributed by atoms with Crippen molar-refractivity contribution >= 4 is 28.5 Å². The summed E-state index contributed by atoms with van der Waals surface area (Å²) in [4.78, 5) is 12.2. The molecule has 2 heterocycles. The molecule has 0 aliphatic heterocycles. The molecular weight excluding hydrogens is 370 g/mol. The molecule has 2 aromatic carbocycles. The zero-order valence-electron chi connectivity index (χ0n) is 14.2. The summed E-state index contributed by atoms with van der Waals surface area (Å²) in [5.74, 6) is 1.15. The number of nitrogens with one attached hydrogen (secondary N) is 1. The number of carbonyl (C=O) groups is 1. The lowest BCUT2D eigenvalue weighted by Crippen LogP contribution is -2.12. The predicted molar refractivity (Wildman–Crippen MR) is 98.1 cm³/mol. The molecular formula is C18H14ClN5O3. The van der Waals surface area contributed by atoms with Crippen molar-refractivity contribution in [3.05, 3.63) is 65.1 Å². The highest BCUT2D eigenvalue weighted by Crippen LogP contribution is 2.34. The molecule has 4 aromatic rings. The van der Waals surface area contributed by atoms with Crippen LogP contribution in [0.15, 0.2) is 48.5 Å². The Morgan fingerprint density at radius 1 is 1.19 bits per heavy atom. The second-order valence-electron chi connectivity index (χ2n) is 5.69. The fourth-order valence-electron chi connectivity index (χ4n) is 2.81. The average Bonchev–Trinajstić information content (AvgIpc) is 3.31. The lowest BCUT2D eigenvalue weighted by molar-refractivity contribution is 0.0589. The Bertz CT molecular complexity index is 1090. The molecule has 4 rings (SSSR count). The average molecular weight is 384 g/mol. The second kappa shape index (κ2) is 7.08. The molecule has 0 saturated carbocycles. The maximum atomic E-state index is 12.2. The largest absolute Gasteiger partial charge is 0.464 e. The van der Waals surface area contributed by atoms with E-state index in [0.717, 1.165) is 0 Å². The first kappa shape index (κ1) is 17.0. The zero-order chi connectivity index (χ0) is 18.8. The molecule has 0 bridgehead atoms.